The number of nitrogens with two attached hydrogens (primary N) is 1. The summed E-state index contributed by atoms with van der Waals surface area (Å²) in [5, 5.41) is 4.83. The van der Waals surface area contributed by atoms with Gasteiger partial charge in [0.25, 0.3) is 0 Å². The third kappa shape index (κ3) is 3.23. The van der Waals surface area contributed by atoms with Crippen molar-refractivity contribution in [2.75, 3.05) is 13.7 Å². The molecule has 108 valence electrons. The van der Waals surface area contributed by atoms with Crippen LogP contribution in [0.4, 0.5) is 0 Å². The van der Waals surface area contributed by atoms with Gasteiger partial charge in [-0.05, 0) is 18.6 Å². The largest absolute Gasteiger partial charge is 0.383 e. The van der Waals surface area contributed by atoms with E-state index in [0.717, 1.165) is 21.3 Å². The van der Waals surface area contributed by atoms with Crippen LogP contribution in [0.2, 0.25) is 5.02 Å². The number of benzene rings is 1. The van der Waals surface area contributed by atoms with Crippen LogP contribution in [0, 0.1) is 6.92 Å². The Labute approximate surface area is 132 Å². The fraction of sp³-hybridized carbons (Fsp3) is 0.357. The van der Waals surface area contributed by atoms with Gasteiger partial charge >= 0.3 is 0 Å². The van der Waals surface area contributed by atoms with Gasteiger partial charge in [-0.3, -0.25) is 4.68 Å². The van der Waals surface area contributed by atoms with Gasteiger partial charge in [-0.25, -0.2) is 0 Å². The molecule has 1 aromatic carbocycles. The topological polar surface area (TPSA) is 53.1 Å². The van der Waals surface area contributed by atoms with Crippen LogP contribution >= 0.6 is 27.5 Å². The molecule has 4 nitrogen and oxygen atoms in total. The van der Waals surface area contributed by atoms with Gasteiger partial charge in [0, 0.05) is 11.6 Å². The molecule has 2 rings (SSSR count). The van der Waals surface area contributed by atoms with Crippen LogP contribution in [-0.4, -0.2) is 23.5 Å². The van der Waals surface area contributed by atoms with E-state index < -0.39 is 0 Å². The van der Waals surface area contributed by atoms with Gasteiger partial charge < -0.3 is 10.5 Å². The van der Waals surface area contributed by atoms with Gasteiger partial charge in [0.15, 0.2) is 0 Å². The van der Waals surface area contributed by atoms with Crippen LogP contribution < -0.4 is 5.73 Å². The van der Waals surface area contributed by atoms with E-state index in [1.165, 1.54) is 0 Å². The van der Waals surface area contributed by atoms with E-state index in [-0.39, 0.29) is 6.04 Å². The van der Waals surface area contributed by atoms with Gasteiger partial charge in [-0.1, -0.05) is 45.2 Å². The lowest BCUT2D eigenvalue weighted by Crippen LogP contribution is -2.20. The Bertz CT molecular complexity index is 600. The Kier molecular flexibility index (Phi) is 5.21. The van der Waals surface area contributed by atoms with Crippen molar-refractivity contribution in [2.24, 2.45) is 5.73 Å². The summed E-state index contributed by atoms with van der Waals surface area (Å²) in [6, 6.07) is 5.74. The van der Waals surface area contributed by atoms with Gasteiger partial charge in [0.2, 0.25) is 0 Å². The molecule has 0 aliphatic rings. The van der Waals surface area contributed by atoms with Gasteiger partial charge in [-0.2, -0.15) is 5.10 Å². The number of halogens is 2. The molecule has 0 radical (unpaired) electrons. The van der Waals surface area contributed by atoms with Crippen molar-refractivity contribution >= 4 is 27.5 Å². The van der Waals surface area contributed by atoms with Gasteiger partial charge in [-0.15, -0.1) is 0 Å². The average molecular weight is 359 g/mol. The van der Waals surface area contributed by atoms with Crippen molar-refractivity contribution in [2.45, 2.75) is 19.5 Å². The molecule has 0 bridgehead atoms. The molecule has 1 heterocycles. The number of aryl methyl sites for hydroxylation is 1. The molecule has 0 amide bonds. The molecule has 1 aromatic heterocycles. The number of nitrogens with zero attached hydrogens (tertiary/aromatic N) is 2. The summed E-state index contributed by atoms with van der Waals surface area (Å²) in [7, 11) is 1.65. The van der Waals surface area contributed by atoms with Crippen LogP contribution in [0.5, 0.6) is 0 Å². The molecule has 1 unspecified atom stereocenters. The number of aromatic nitrogens is 2. The molecule has 0 aliphatic heterocycles. The summed E-state index contributed by atoms with van der Waals surface area (Å²) < 4.78 is 7.85. The maximum absolute atomic E-state index is 6.39. The van der Waals surface area contributed by atoms with Crippen molar-refractivity contribution in [3.63, 3.8) is 0 Å². The second-order valence-electron chi connectivity index (χ2n) is 4.60. The van der Waals surface area contributed by atoms with Crippen molar-refractivity contribution in [1.29, 1.82) is 0 Å². The van der Waals surface area contributed by atoms with E-state index in [0.29, 0.717) is 18.2 Å². The van der Waals surface area contributed by atoms with E-state index in [2.05, 4.69) is 27.1 Å². The smallest absolute Gasteiger partial charge is 0.0837 e. The minimum Gasteiger partial charge on any atom is -0.383 e. The van der Waals surface area contributed by atoms with E-state index in [4.69, 9.17) is 22.1 Å². The Morgan fingerprint density at radius 3 is 2.95 bits per heavy atom. The Morgan fingerprint density at radius 2 is 2.25 bits per heavy atom. The summed E-state index contributed by atoms with van der Waals surface area (Å²) in [6.07, 6.45) is 1.62. The van der Waals surface area contributed by atoms with E-state index in [9.17, 15) is 0 Å². The average Bonchev–Trinajstić information content (AvgIpc) is 2.79. The predicted octanol–water partition coefficient (Wildman–Crippen LogP) is 3.30. The lowest BCUT2D eigenvalue weighted by molar-refractivity contribution is 0.182. The predicted molar refractivity (Wildman–Crippen MR) is 84.0 cm³/mol. The standard InChI is InChI=1S/C14H17BrClN3O/c1-9-3-4-11(15)10(7-9)13(17)14-12(16)8-18-19(14)5-6-20-2/h3-4,7-8,13H,5-6,17H2,1-2H3. The molecule has 0 saturated carbocycles. The first-order valence-electron chi connectivity index (χ1n) is 6.26. The highest BCUT2D eigenvalue weighted by molar-refractivity contribution is 9.10. The lowest BCUT2D eigenvalue weighted by Gasteiger charge is -2.17. The monoisotopic (exact) mass is 357 g/mol. The SMILES string of the molecule is COCCn1ncc(Cl)c1C(N)c1cc(C)ccc1Br. The Balaban J connectivity index is 2.39. The maximum atomic E-state index is 6.39. The number of methoxy groups -OCH3 is 1. The zero-order valence-corrected chi connectivity index (χ0v) is 13.8. The van der Waals surface area contributed by atoms with Crippen LogP contribution in [0.1, 0.15) is 22.9 Å². The number of hydrogen-bond acceptors (Lipinski definition) is 3. The molecular formula is C14H17BrClN3O. The van der Waals surface area contributed by atoms with Crippen LogP contribution in [0.25, 0.3) is 0 Å². The molecule has 2 aromatic rings. The first-order chi connectivity index (χ1) is 9.54. The van der Waals surface area contributed by atoms with Crippen molar-refractivity contribution in [3.8, 4) is 0 Å². The summed E-state index contributed by atoms with van der Waals surface area (Å²) in [5.74, 6) is 0. The summed E-state index contributed by atoms with van der Waals surface area (Å²) in [5.41, 5.74) is 9.33. The molecule has 0 fully saturated rings. The fourth-order valence-corrected chi connectivity index (χ4v) is 2.84. The summed E-state index contributed by atoms with van der Waals surface area (Å²) in [6.45, 7) is 3.22. The molecule has 2 N–H and O–H groups in total. The molecule has 6 heteroatoms. The first-order valence-corrected chi connectivity index (χ1v) is 7.43. The van der Waals surface area contributed by atoms with Crippen molar-refractivity contribution in [1.82, 2.24) is 9.78 Å². The quantitative estimate of drug-likeness (QED) is 0.892. The van der Waals surface area contributed by atoms with Crippen molar-refractivity contribution in [3.05, 3.63) is 50.7 Å². The molecule has 0 spiro atoms. The molecule has 20 heavy (non-hydrogen) atoms. The first kappa shape index (κ1) is 15.5. The lowest BCUT2D eigenvalue weighted by atomic mass is 10.0. The second kappa shape index (κ2) is 6.72. The van der Waals surface area contributed by atoms with Gasteiger partial charge in [0.05, 0.1) is 36.1 Å². The Morgan fingerprint density at radius 1 is 1.50 bits per heavy atom. The number of rotatable bonds is 5. The zero-order valence-electron chi connectivity index (χ0n) is 11.4. The van der Waals surface area contributed by atoms with Crippen LogP contribution in [0.15, 0.2) is 28.9 Å². The molecule has 1 atom stereocenters. The molecule has 0 saturated heterocycles. The minimum atomic E-state index is -0.337. The van der Waals surface area contributed by atoms with E-state index in [1.807, 2.05) is 19.1 Å². The summed E-state index contributed by atoms with van der Waals surface area (Å²) >= 11 is 9.78. The Hall–Kier alpha value is -0.880. The molecular weight excluding hydrogens is 342 g/mol. The minimum absolute atomic E-state index is 0.337. The highest BCUT2D eigenvalue weighted by Gasteiger charge is 2.20. The third-order valence-corrected chi connectivity index (χ3v) is 4.13. The normalized spacial score (nSPS) is 12.7. The van der Waals surface area contributed by atoms with Crippen LogP contribution in [0.3, 0.4) is 0 Å². The zero-order chi connectivity index (χ0) is 14.7. The number of ether oxygens (including phenoxy) is 1. The maximum Gasteiger partial charge on any atom is 0.0837 e. The van der Waals surface area contributed by atoms with Crippen molar-refractivity contribution < 1.29 is 4.74 Å². The highest BCUT2D eigenvalue weighted by Crippen LogP contribution is 2.31. The highest BCUT2D eigenvalue weighted by atomic mass is 79.9. The number of hydrogen-bond donors (Lipinski definition) is 1. The summed E-state index contributed by atoms with van der Waals surface area (Å²) in [4.78, 5) is 0. The molecule has 0 aliphatic carbocycles. The third-order valence-electron chi connectivity index (χ3n) is 3.12. The van der Waals surface area contributed by atoms with E-state index in [1.54, 1.807) is 18.0 Å². The fourth-order valence-electron chi connectivity index (χ4n) is 2.09. The van der Waals surface area contributed by atoms with Gasteiger partial charge in [0.1, 0.15) is 0 Å². The van der Waals surface area contributed by atoms with E-state index >= 15 is 0 Å². The van der Waals surface area contributed by atoms with Crippen LogP contribution in [-0.2, 0) is 11.3 Å². The second-order valence-corrected chi connectivity index (χ2v) is 5.86.